The Morgan fingerprint density at radius 3 is 2.61 bits per heavy atom. The number of carbonyl (C=O) groups excluding carboxylic acids is 4. The minimum Gasteiger partial charge on any atom is -0.444 e. The smallest absolute Gasteiger partial charge is 0.407 e. The van der Waals surface area contributed by atoms with Crippen molar-refractivity contribution in [2.75, 3.05) is 37.6 Å². The van der Waals surface area contributed by atoms with Crippen molar-refractivity contribution in [3.05, 3.63) is 34.7 Å². The van der Waals surface area contributed by atoms with Crippen LogP contribution in [0.25, 0.3) is 6.08 Å². The number of hydrogen-bond donors (Lipinski definition) is 2. The van der Waals surface area contributed by atoms with E-state index in [4.69, 9.17) is 4.74 Å². The Morgan fingerprint density at radius 2 is 1.91 bits per heavy atom. The summed E-state index contributed by atoms with van der Waals surface area (Å²) in [4.78, 5) is 52.2. The molecule has 0 unspecified atom stereocenters. The number of nitrogens with one attached hydrogen (secondary N) is 2. The molecular weight excluding hydrogens is 444 g/mol. The van der Waals surface area contributed by atoms with Gasteiger partial charge in [-0.25, -0.2) is 4.79 Å². The van der Waals surface area contributed by atoms with Crippen molar-refractivity contribution in [2.45, 2.75) is 39.2 Å². The minimum absolute atomic E-state index is 0.0131. The van der Waals surface area contributed by atoms with Crippen LogP contribution in [0.15, 0.2) is 29.2 Å². The molecule has 0 radical (unpaired) electrons. The zero-order chi connectivity index (χ0) is 24.0. The van der Waals surface area contributed by atoms with Crippen LogP contribution in [0.5, 0.6) is 0 Å². The Hall–Kier alpha value is -3.01. The van der Waals surface area contributed by atoms with E-state index in [1.165, 1.54) is 0 Å². The topological polar surface area (TPSA) is 108 Å². The van der Waals surface area contributed by atoms with Crippen LogP contribution in [-0.4, -0.2) is 66.4 Å². The van der Waals surface area contributed by atoms with Gasteiger partial charge in [0, 0.05) is 44.8 Å². The average molecular weight is 475 g/mol. The molecule has 33 heavy (non-hydrogen) atoms. The van der Waals surface area contributed by atoms with Gasteiger partial charge in [-0.1, -0.05) is 18.2 Å². The van der Waals surface area contributed by atoms with Crippen molar-refractivity contribution in [1.29, 1.82) is 0 Å². The van der Waals surface area contributed by atoms with Gasteiger partial charge in [-0.3, -0.25) is 19.7 Å². The molecule has 2 fully saturated rings. The van der Waals surface area contributed by atoms with E-state index in [1.807, 2.05) is 29.2 Å². The van der Waals surface area contributed by atoms with Gasteiger partial charge < -0.3 is 19.9 Å². The van der Waals surface area contributed by atoms with Crippen molar-refractivity contribution in [1.82, 2.24) is 15.5 Å². The van der Waals surface area contributed by atoms with Gasteiger partial charge in [-0.2, -0.15) is 0 Å². The minimum atomic E-state index is -0.579. The molecule has 2 heterocycles. The van der Waals surface area contributed by atoms with Crippen LogP contribution in [0.4, 0.5) is 15.3 Å². The predicted molar refractivity (Wildman–Crippen MR) is 128 cm³/mol. The van der Waals surface area contributed by atoms with Crippen LogP contribution < -0.4 is 15.5 Å². The summed E-state index contributed by atoms with van der Waals surface area (Å²) in [6.45, 7) is 8.19. The molecule has 0 atom stereocenters. The maximum absolute atomic E-state index is 12.7. The molecule has 3 rings (SSSR count). The maximum atomic E-state index is 12.7. The molecule has 10 heteroatoms. The molecule has 1 aromatic rings. The third-order valence-electron chi connectivity index (χ3n) is 5.06. The molecule has 0 aromatic heterocycles. The van der Waals surface area contributed by atoms with Gasteiger partial charge in [0.25, 0.3) is 11.1 Å². The Kier molecular flexibility index (Phi) is 8.01. The molecule has 178 valence electrons. The van der Waals surface area contributed by atoms with Gasteiger partial charge in [0.2, 0.25) is 5.91 Å². The fourth-order valence-corrected chi connectivity index (χ4v) is 4.28. The van der Waals surface area contributed by atoms with Gasteiger partial charge in [-0.05, 0) is 56.7 Å². The second-order valence-corrected chi connectivity index (χ2v) is 9.83. The van der Waals surface area contributed by atoms with E-state index in [1.54, 1.807) is 26.8 Å². The monoisotopic (exact) mass is 474 g/mol. The molecule has 2 N–H and O–H groups in total. The van der Waals surface area contributed by atoms with Crippen LogP contribution in [0.3, 0.4) is 0 Å². The Labute approximate surface area is 197 Å². The summed E-state index contributed by atoms with van der Waals surface area (Å²) >= 11 is 0.896. The van der Waals surface area contributed by atoms with E-state index in [0.29, 0.717) is 24.5 Å². The Morgan fingerprint density at radius 1 is 1.15 bits per heavy atom. The van der Waals surface area contributed by atoms with Crippen LogP contribution in [0, 0.1) is 0 Å². The van der Waals surface area contributed by atoms with E-state index in [9.17, 15) is 19.2 Å². The zero-order valence-electron chi connectivity index (χ0n) is 19.2. The van der Waals surface area contributed by atoms with Crippen molar-refractivity contribution in [2.24, 2.45) is 0 Å². The normalized spacial score (nSPS) is 18.2. The molecule has 0 spiro atoms. The highest BCUT2D eigenvalue weighted by molar-refractivity contribution is 8.18. The number of ether oxygens (including phenoxy) is 1. The lowest BCUT2D eigenvalue weighted by Gasteiger charge is -2.25. The number of para-hydroxylation sites is 1. The lowest BCUT2D eigenvalue weighted by Crippen LogP contribution is -2.38. The number of amides is 4. The van der Waals surface area contributed by atoms with E-state index in [0.717, 1.165) is 36.0 Å². The summed E-state index contributed by atoms with van der Waals surface area (Å²) in [5.74, 6) is -0.395. The Balaban J connectivity index is 1.57. The number of hydrogen-bond acceptors (Lipinski definition) is 7. The fraction of sp³-hybridized carbons (Fsp3) is 0.478. The van der Waals surface area contributed by atoms with Gasteiger partial charge in [0.15, 0.2) is 0 Å². The van der Waals surface area contributed by atoms with Gasteiger partial charge in [0.1, 0.15) is 5.60 Å². The van der Waals surface area contributed by atoms with Gasteiger partial charge >= 0.3 is 6.09 Å². The lowest BCUT2D eigenvalue weighted by atomic mass is 10.1. The average Bonchev–Trinajstić information content (AvgIpc) is 2.91. The van der Waals surface area contributed by atoms with Crippen LogP contribution in [-0.2, 0) is 14.3 Å². The van der Waals surface area contributed by atoms with Crippen molar-refractivity contribution < 1.29 is 23.9 Å². The Bertz CT molecular complexity index is 956. The first-order valence-electron chi connectivity index (χ1n) is 11.0. The van der Waals surface area contributed by atoms with Crippen LogP contribution in [0.2, 0.25) is 0 Å². The molecule has 2 aliphatic rings. The summed E-state index contributed by atoms with van der Waals surface area (Å²) in [5, 5.41) is 4.53. The van der Waals surface area contributed by atoms with E-state index in [-0.39, 0.29) is 30.0 Å². The highest BCUT2D eigenvalue weighted by Crippen LogP contribution is 2.30. The molecule has 1 aromatic carbocycles. The zero-order valence-corrected chi connectivity index (χ0v) is 20.0. The highest BCUT2D eigenvalue weighted by Gasteiger charge is 2.26. The second-order valence-electron chi connectivity index (χ2n) is 8.81. The quantitative estimate of drug-likeness (QED) is 0.632. The maximum Gasteiger partial charge on any atom is 0.407 e. The first-order chi connectivity index (χ1) is 15.6. The number of anilines is 1. The molecule has 2 saturated heterocycles. The first-order valence-corrected chi connectivity index (χ1v) is 11.8. The summed E-state index contributed by atoms with van der Waals surface area (Å²) in [5.41, 5.74) is 1.23. The molecule has 0 aliphatic carbocycles. The number of nitrogens with zero attached hydrogens (tertiary/aromatic N) is 2. The summed E-state index contributed by atoms with van der Waals surface area (Å²) in [6.07, 6.45) is 2.21. The third-order valence-corrected chi connectivity index (χ3v) is 5.87. The van der Waals surface area contributed by atoms with Crippen LogP contribution >= 0.6 is 11.8 Å². The molecule has 2 aliphatic heterocycles. The fourth-order valence-electron chi connectivity index (χ4n) is 3.61. The predicted octanol–water partition coefficient (Wildman–Crippen LogP) is 2.96. The van der Waals surface area contributed by atoms with Crippen molar-refractivity contribution in [3.8, 4) is 0 Å². The highest BCUT2D eigenvalue weighted by atomic mass is 32.2. The molecule has 0 bridgehead atoms. The van der Waals surface area contributed by atoms with Gasteiger partial charge in [0.05, 0.1) is 4.91 Å². The molecule has 0 saturated carbocycles. The molecule has 9 nitrogen and oxygen atoms in total. The number of alkyl carbamates (subject to hydrolysis) is 1. The number of benzene rings is 1. The number of thioether (sulfide) groups is 1. The molecular formula is C23H30N4O5S. The van der Waals surface area contributed by atoms with E-state index in [2.05, 4.69) is 15.5 Å². The number of rotatable bonds is 5. The lowest BCUT2D eigenvalue weighted by molar-refractivity contribution is -0.130. The van der Waals surface area contributed by atoms with Crippen molar-refractivity contribution >= 4 is 46.7 Å². The molecule has 4 amide bonds. The van der Waals surface area contributed by atoms with Crippen molar-refractivity contribution in [3.63, 3.8) is 0 Å². The largest absolute Gasteiger partial charge is 0.444 e. The van der Waals surface area contributed by atoms with Crippen LogP contribution in [0.1, 0.15) is 39.2 Å². The number of imide groups is 1. The summed E-state index contributed by atoms with van der Waals surface area (Å²) < 4.78 is 5.19. The first kappa shape index (κ1) is 24.6. The third kappa shape index (κ3) is 7.24. The standard InChI is InChI=1S/C23H30N4O5S/c1-23(2,3)32-21(30)24-10-9-19(28)27-12-6-11-26(13-14-27)17-8-5-4-7-16(17)15-18-20(29)25-22(31)33-18/h4-5,7-8,15H,6,9-14H2,1-3H3,(H,24,30)(H,25,29,31). The van der Waals surface area contributed by atoms with E-state index < -0.39 is 11.7 Å². The summed E-state index contributed by atoms with van der Waals surface area (Å²) in [6, 6.07) is 7.71. The van der Waals surface area contributed by atoms with E-state index >= 15 is 0 Å². The SMILES string of the molecule is CC(C)(C)OC(=O)NCCC(=O)N1CCCN(c2ccccc2C=C2SC(=O)NC2=O)CC1. The number of carbonyl (C=O) groups is 4. The second kappa shape index (κ2) is 10.7. The van der Waals surface area contributed by atoms with Gasteiger partial charge in [-0.15, -0.1) is 0 Å². The summed E-state index contributed by atoms with van der Waals surface area (Å²) in [7, 11) is 0.